The Morgan fingerprint density at radius 3 is 2.24 bits per heavy atom. The number of halogens is 1. The van der Waals surface area contributed by atoms with E-state index in [0.717, 1.165) is 63.3 Å². The van der Waals surface area contributed by atoms with E-state index in [1.807, 2.05) is 67.3 Å². The molecule has 17 heteroatoms. The van der Waals surface area contributed by atoms with Crippen LogP contribution in [-0.4, -0.2) is 81.0 Å². The molecule has 3 aromatic rings. The number of hydrogen-bond donors (Lipinski definition) is 4. The minimum atomic E-state index is -4.52. The molecule has 0 fully saturated rings. The smallest absolute Gasteiger partial charge is 0.294 e. The molecule has 0 atom stereocenters. The highest BCUT2D eigenvalue weighted by Gasteiger charge is 2.41. The summed E-state index contributed by atoms with van der Waals surface area (Å²) in [6.45, 7) is 8.71. The number of aliphatic hydroxyl groups excluding tert-OH is 1. The molecule has 13 nitrogen and oxygen atoms in total. The van der Waals surface area contributed by atoms with Gasteiger partial charge in [-0.3, -0.25) is 18.7 Å². The molecule has 1 aliphatic carbocycles. The Bertz CT molecular complexity index is 2750. The van der Waals surface area contributed by atoms with Crippen molar-refractivity contribution in [1.82, 2.24) is 0 Å². The fourth-order valence-corrected chi connectivity index (χ4v) is 10.4. The average molecular weight is 944 g/mol. The van der Waals surface area contributed by atoms with Crippen molar-refractivity contribution in [2.45, 2.75) is 94.8 Å². The Morgan fingerprint density at radius 2 is 1.54 bits per heavy atom. The molecule has 6 rings (SSSR count). The monoisotopic (exact) mass is 942 g/mol. The standard InChI is InChI=1S/C46H55ClN2O11S3/c1-45(2)39-29-35(47)27-34(14-9-25-61(51,52)53)44(39)48-41(45)20-16-31-11-7-12-32(43(31)33-13-8-15-36(28-33)60-24-6-5-23-50)17-21-42-46(3,4)38-30-37(63(57,58)59)18-19-40(38)49(42)22-10-26-62(54,55)56/h8,13,15-21,27-30,50H,5-7,9-12,14,22-26H2,1-4H3,(H,51,52,53)(H,54,55,56)(H,57,58,59)/b20-16+,32-17+,42-21+. The molecule has 2 heterocycles. The van der Waals surface area contributed by atoms with Crippen LogP contribution in [0, 0.1) is 0 Å². The Hall–Kier alpha value is -4.13. The highest BCUT2D eigenvalue weighted by Crippen LogP contribution is 2.49. The van der Waals surface area contributed by atoms with E-state index < -0.39 is 46.9 Å². The van der Waals surface area contributed by atoms with Gasteiger partial charge in [-0.25, -0.2) is 0 Å². The van der Waals surface area contributed by atoms with Crippen LogP contribution >= 0.6 is 11.6 Å². The largest absolute Gasteiger partial charge is 0.494 e. The third-order valence-corrected chi connectivity index (χ3v) is 14.5. The molecule has 0 aromatic heterocycles. The van der Waals surface area contributed by atoms with Gasteiger partial charge in [-0.15, -0.1) is 0 Å². The van der Waals surface area contributed by atoms with E-state index in [2.05, 4.69) is 19.9 Å². The van der Waals surface area contributed by atoms with Gasteiger partial charge in [0.1, 0.15) is 5.75 Å². The number of rotatable bonds is 18. The average Bonchev–Trinajstić information content (AvgIpc) is 3.57. The Labute approximate surface area is 376 Å². The van der Waals surface area contributed by atoms with Gasteiger partial charge in [-0.1, -0.05) is 63.6 Å². The summed E-state index contributed by atoms with van der Waals surface area (Å²) in [5, 5.41) is 9.80. The van der Waals surface area contributed by atoms with Gasteiger partial charge in [0.05, 0.1) is 34.4 Å². The number of allylic oxidation sites excluding steroid dienone is 8. The second kappa shape index (κ2) is 19.1. The summed E-state index contributed by atoms with van der Waals surface area (Å²) in [4.78, 5) is 6.76. The normalized spacial score (nSPS) is 18.7. The van der Waals surface area contributed by atoms with Gasteiger partial charge in [0, 0.05) is 40.4 Å². The Morgan fingerprint density at radius 1 is 0.810 bits per heavy atom. The Kier molecular flexibility index (Phi) is 14.7. The number of ether oxygens (including phenoxy) is 1. The number of nitrogens with zero attached hydrogens (tertiary/aromatic N) is 2. The fraction of sp³-hybridized carbons (Fsp3) is 0.413. The summed E-state index contributed by atoms with van der Waals surface area (Å²) < 4.78 is 106. The van der Waals surface area contributed by atoms with Crippen LogP contribution in [-0.2, 0) is 47.6 Å². The van der Waals surface area contributed by atoms with E-state index in [0.29, 0.717) is 54.3 Å². The highest BCUT2D eigenvalue weighted by atomic mass is 35.5. The lowest BCUT2D eigenvalue weighted by Gasteiger charge is -2.28. The highest BCUT2D eigenvalue weighted by molar-refractivity contribution is 7.86. The summed E-state index contributed by atoms with van der Waals surface area (Å²) in [6, 6.07) is 15.9. The van der Waals surface area contributed by atoms with Gasteiger partial charge in [0.15, 0.2) is 0 Å². The molecule has 4 N–H and O–H groups in total. The number of aliphatic hydroxyl groups is 1. The summed E-state index contributed by atoms with van der Waals surface area (Å²) in [5.74, 6) is -0.169. The second-order valence-corrected chi connectivity index (χ2v) is 22.2. The zero-order valence-electron chi connectivity index (χ0n) is 35.8. The van der Waals surface area contributed by atoms with Crippen molar-refractivity contribution in [1.29, 1.82) is 0 Å². The summed E-state index contributed by atoms with van der Waals surface area (Å²) in [6.07, 6.45) is 12.4. The van der Waals surface area contributed by atoms with E-state index in [1.54, 1.807) is 12.1 Å². The molecule has 0 bridgehead atoms. The van der Waals surface area contributed by atoms with Crippen molar-refractivity contribution in [2.24, 2.45) is 4.99 Å². The predicted molar refractivity (Wildman–Crippen MR) is 248 cm³/mol. The third kappa shape index (κ3) is 11.6. The van der Waals surface area contributed by atoms with Crippen molar-refractivity contribution in [3.63, 3.8) is 0 Å². The predicted octanol–water partition coefficient (Wildman–Crippen LogP) is 9.00. The van der Waals surface area contributed by atoms with Crippen molar-refractivity contribution in [2.75, 3.05) is 36.2 Å². The first-order valence-corrected chi connectivity index (χ1v) is 25.9. The first kappa shape index (κ1) is 48.3. The quantitative estimate of drug-likeness (QED) is 0.0696. The lowest BCUT2D eigenvalue weighted by molar-refractivity contribution is 0.253. The van der Waals surface area contributed by atoms with Crippen LogP contribution in [0.15, 0.2) is 106 Å². The van der Waals surface area contributed by atoms with Crippen LogP contribution in [0.2, 0.25) is 5.02 Å². The first-order valence-electron chi connectivity index (χ1n) is 20.9. The number of anilines is 1. The van der Waals surface area contributed by atoms with E-state index in [9.17, 15) is 44.0 Å². The maximum absolute atomic E-state index is 12.2. The van der Waals surface area contributed by atoms with Crippen LogP contribution in [0.3, 0.4) is 0 Å². The van der Waals surface area contributed by atoms with Crippen LogP contribution < -0.4 is 9.64 Å². The molecular formula is C46H55ClN2O11S3. The number of hydrogen-bond acceptors (Lipinski definition) is 10. The number of aliphatic imine (C=N–C) groups is 1. The number of fused-ring (bicyclic) bond motifs is 2. The summed E-state index contributed by atoms with van der Waals surface area (Å²) in [5.41, 5.74) is 7.91. The van der Waals surface area contributed by atoms with Crippen molar-refractivity contribution < 1.29 is 48.8 Å². The van der Waals surface area contributed by atoms with Gasteiger partial charge in [-0.2, -0.15) is 25.3 Å². The molecule has 0 spiro atoms. The van der Waals surface area contributed by atoms with Crippen molar-refractivity contribution >= 4 is 64.6 Å². The van der Waals surface area contributed by atoms with Gasteiger partial charge in [0.25, 0.3) is 30.4 Å². The van der Waals surface area contributed by atoms with E-state index in [1.165, 1.54) is 12.1 Å². The summed E-state index contributed by atoms with van der Waals surface area (Å²) in [7, 11) is -12.9. The second-order valence-electron chi connectivity index (χ2n) is 17.2. The van der Waals surface area contributed by atoms with E-state index in [-0.39, 0.29) is 36.6 Å². The SMILES string of the molecule is CC1(C)C(/C=C/C2=C(c3cccc(OCCCCO)c3)C(=C/C=C3/N(CCCS(=O)(=O)O)c4ccc(S(=O)(=O)O)cc4C3(C)C)/CCC2)=Nc2c(CCCS(=O)(=O)O)cc(Cl)cc21. The topological polar surface area (TPSA) is 208 Å². The van der Waals surface area contributed by atoms with Gasteiger partial charge >= 0.3 is 0 Å². The molecule has 3 aromatic carbocycles. The molecule has 0 radical (unpaired) electrons. The zero-order chi connectivity index (χ0) is 46.0. The number of aryl methyl sites for hydroxylation is 1. The maximum Gasteiger partial charge on any atom is 0.294 e. The van der Waals surface area contributed by atoms with Gasteiger partial charge in [-0.05, 0) is 145 Å². The van der Waals surface area contributed by atoms with E-state index >= 15 is 0 Å². The molecule has 0 amide bonds. The van der Waals surface area contributed by atoms with Crippen LogP contribution in [0.5, 0.6) is 5.75 Å². The molecule has 340 valence electrons. The third-order valence-electron chi connectivity index (χ3n) is 11.9. The molecule has 0 unspecified atom stereocenters. The van der Waals surface area contributed by atoms with Gasteiger partial charge < -0.3 is 14.7 Å². The molecule has 63 heavy (non-hydrogen) atoms. The van der Waals surface area contributed by atoms with Gasteiger partial charge in [0.2, 0.25) is 0 Å². The van der Waals surface area contributed by atoms with Crippen LogP contribution in [0.1, 0.15) is 94.9 Å². The lowest BCUT2D eigenvalue weighted by atomic mass is 9.79. The fourth-order valence-electron chi connectivity index (χ4n) is 8.64. The maximum atomic E-state index is 12.2. The van der Waals surface area contributed by atoms with Crippen molar-refractivity contribution in [3.8, 4) is 5.75 Å². The Balaban J connectivity index is 1.45. The molecule has 3 aliphatic rings. The first-order chi connectivity index (χ1) is 29.5. The van der Waals surface area contributed by atoms with Crippen LogP contribution in [0.25, 0.3) is 5.57 Å². The lowest BCUT2D eigenvalue weighted by Crippen LogP contribution is -2.28. The molecular weight excluding hydrogens is 888 g/mol. The molecule has 2 aliphatic heterocycles. The molecule has 0 saturated carbocycles. The number of benzene rings is 3. The molecule has 0 saturated heterocycles. The van der Waals surface area contributed by atoms with E-state index in [4.69, 9.17) is 21.3 Å². The minimum Gasteiger partial charge on any atom is -0.494 e. The summed E-state index contributed by atoms with van der Waals surface area (Å²) >= 11 is 6.58. The van der Waals surface area contributed by atoms with Crippen molar-refractivity contribution in [3.05, 3.63) is 123 Å². The zero-order valence-corrected chi connectivity index (χ0v) is 39.0. The van der Waals surface area contributed by atoms with Crippen LogP contribution in [0.4, 0.5) is 11.4 Å². The number of unbranched alkanes of at least 4 members (excludes halogenated alkanes) is 1. The minimum absolute atomic E-state index is 0.0762.